The molecule has 1 rings (SSSR count). The van der Waals surface area contributed by atoms with Crippen LogP contribution in [0.1, 0.15) is 38.7 Å². The molecule has 0 aliphatic rings. The zero-order valence-electron chi connectivity index (χ0n) is 11.5. The van der Waals surface area contributed by atoms with Crippen LogP contribution >= 0.6 is 0 Å². The van der Waals surface area contributed by atoms with Gasteiger partial charge < -0.3 is 10.6 Å². The third kappa shape index (κ3) is 5.82. The van der Waals surface area contributed by atoms with Crippen LogP contribution in [0.4, 0.5) is 5.69 Å². The molecule has 2 N–H and O–H groups in total. The fourth-order valence-corrected chi connectivity index (χ4v) is 1.72. The molecular formula is C15H24N2O. The van der Waals surface area contributed by atoms with Crippen LogP contribution in [-0.4, -0.2) is 19.0 Å². The van der Waals surface area contributed by atoms with Crippen molar-refractivity contribution in [2.75, 3.05) is 18.4 Å². The SMILES string of the molecule is CCCCc1ccc(NC(=O)CNCCC)cc1. The second-order valence-electron chi connectivity index (χ2n) is 4.53. The Bertz CT molecular complexity index is 346. The third-order valence-corrected chi connectivity index (χ3v) is 2.77. The van der Waals surface area contributed by atoms with Crippen molar-refractivity contribution < 1.29 is 4.79 Å². The average molecular weight is 248 g/mol. The summed E-state index contributed by atoms with van der Waals surface area (Å²) in [6, 6.07) is 8.13. The highest BCUT2D eigenvalue weighted by Crippen LogP contribution is 2.11. The number of amides is 1. The van der Waals surface area contributed by atoms with E-state index < -0.39 is 0 Å². The van der Waals surface area contributed by atoms with Crippen molar-refractivity contribution in [3.05, 3.63) is 29.8 Å². The molecule has 0 heterocycles. The first-order valence-corrected chi connectivity index (χ1v) is 6.85. The van der Waals surface area contributed by atoms with Crippen molar-refractivity contribution in [3.8, 4) is 0 Å². The molecule has 100 valence electrons. The summed E-state index contributed by atoms with van der Waals surface area (Å²) in [5.41, 5.74) is 2.21. The van der Waals surface area contributed by atoms with Crippen LogP contribution in [0, 0.1) is 0 Å². The van der Waals surface area contributed by atoms with Crippen LogP contribution in [0.25, 0.3) is 0 Å². The summed E-state index contributed by atoms with van der Waals surface area (Å²) in [5.74, 6) is 0.0183. The molecule has 0 atom stereocenters. The van der Waals surface area contributed by atoms with Gasteiger partial charge in [0.25, 0.3) is 0 Å². The molecule has 0 aromatic heterocycles. The normalized spacial score (nSPS) is 10.3. The summed E-state index contributed by atoms with van der Waals surface area (Å²) in [7, 11) is 0. The zero-order chi connectivity index (χ0) is 13.2. The van der Waals surface area contributed by atoms with Gasteiger partial charge in [-0.1, -0.05) is 32.4 Å². The van der Waals surface area contributed by atoms with Crippen molar-refractivity contribution >= 4 is 11.6 Å². The number of benzene rings is 1. The second kappa shape index (κ2) is 8.70. The molecule has 3 heteroatoms. The third-order valence-electron chi connectivity index (χ3n) is 2.77. The number of carbonyl (C=O) groups excluding carboxylic acids is 1. The van der Waals surface area contributed by atoms with Crippen LogP contribution in [-0.2, 0) is 11.2 Å². The number of aryl methyl sites for hydroxylation is 1. The molecule has 1 aromatic rings. The fourth-order valence-electron chi connectivity index (χ4n) is 1.72. The predicted molar refractivity (Wildman–Crippen MR) is 76.8 cm³/mol. The maximum absolute atomic E-state index is 11.6. The lowest BCUT2D eigenvalue weighted by molar-refractivity contribution is -0.115. The van der Waals surface area contributed by atoms with E-state index in [1.807, 2.05) is 12.1 Å². The number of nitrogens with one attached hydrogen (secondary N) is 2. The molecule has 0 radical (unpaired) electrons. The van der Waals surface area contributed by atoms with Crippen LogP contribution in [0.3, 0.4) is 0 Å². The molecule has 0 saturated carbocycles. The van der Waals surface area contributed by atoms with Crippen LogP contribution < -0.4 is 10.6 Å². The second-order valence-corrected chi connectivity index (χ2v) is 4.53. The topological polar surface area (TPSA) is 41.1 Å². The standard InChI is InChI=1S/C15H24N2O/c1-3-5-6-13-7-9-14(10-8-13)17-15(18)12-16-11-4-2/h7-10,16H,3-6,11-12H2,1-2H3,(H,17,18). The van der Waals surface area contributed by atoms with E-state index in [9.17, 15) is 4.79 Å². The average Bonchev–Trinajstić information content (AvgIpc) is 2.38. The molecule has 0 spiro atoms. The Morgan fingerprint density at radius 1 is 1.11 bits per heavy atom. The lowest BCUT2D eigenvalue weighted by Gasteiger charge is -2.07. The van der Waals surface area contributed by atoms with E-state index in [0.717, 1.165) is 25.1 Å². The smallest absolute Gasteiger partial charge is 0.238 e. The lowest BCUT2D eigenvalue weighted by atomic mass is 10.1. The van der Waals surface area contributed by atoms with Gasteiger partial charge in [0.15, 0.2) is 0 Å². The summed E-state index contributed by atoms with van der Waals surface area (Å²) < 4.78 is 0. The Balaban J connectivity index is 2.35. The Hall–Kier alpha value is -1.35. The first-order valence-electron chi connectivity index (χ1n) is 6.85. The van der Waals surface area contributed by atoms with Crippen molar-refractivity contribution in [1.29, 1.82) is 0 Å². The minimum atomic E-state index is 0.0183. The molecule has 0 saturated heterocycles. The van der Waals surface area contributed by atoms with Gasteiger partial charge in [0.1, 0.15) is 0 Å². The number of carbonyl (C=O) groups is 1. The molecule has 0 unspecified atom stereocenters. The molecule has 1 amide bonds. The molecular weight excluding hydrogens is 224 g/mol. The van der Waals surface area contributed by atoms with E-state index in [-0.39, 0.29) is 5.91 Å². The van der Waals surface area contributed by atoms with Crippen molar-refractivity contribution in [3.63, 3.8) is 0 Å². The first kappa shape index (κ1) is 14.7. The van der Waals surface area contributed by atoms with Gasteiger partial charge in [-0.3, -0.25) is 4.79 Å². The van der Waals surface area contributed by atoms with Crippen molar-refractivity contribution in [2.45, 2.75) is 39.5 Å². The van der Waals surface area contributed by atoms with Gasteiger partial charge >= 0.3 is 0 Å². The van der Waals surface area contributed by atoms with Gasteiger partial charge in [0, 0.05) is 5.69 Å². The number of unbranched alkanes of at least 4 members (excludes halogenated alkanes) is 1. The summed E-state index contributed by atoms with van der Waals surface area (Å²) >= 11 is 0. The maximum Gasteiger partial charge on any atom is 0.238 e. The van der Waals surface area contributed by atoms with E-state index in [1.54, 1.807) is 0 Å². The highest BCUT2D eigenvalue weighted by molar-refractivity contribution is 5.92. The zero-order valence-corrected chi connectivity index (χ0v) is 11.5. The van der Waals surface area contributed by atoms with Gasteiger partial charge in [-0.15, -0.1) is 0 Å². The lowest BCUT2D eigenvalue weighted by Crippen LogP contribution is -2.28. The summed E-state index contributed by atoms with van der Waals surface area (Å²) in [6.45, 7) is 5.53. The summed E-state index contributed by atoms with van der Waals surface area (Å²) in [5, 5.41) is 5.97. The highest BCUT2D eigenvalue weighted by Gasteiger charge is 2.01. The molecule has 0 bridgehead atoms. The first-order chi connectivity index (χ1) is 8.76. The van der Waals surface area contributed by atoms with Gasteiger partial charge in [-0.25, -0.2) is 0 Å². The Morgan fingerprint density at radius 2 is 1.83 bits per heavy atom. The molecule has 3 nitrogen and oxygen atoms in total. The van der Waals surface area contributed by atoms with Crippen molar-refractivity contribution in [1.82, 2.24) is 5.32 Å². The van der Waals surface area contributed by atoms with Gasteiger partial charge in [0.2, 0.25) is 5.91 Å². The molecule has 0 aliphatic heterocycles. The summed E-state index contributed by atoms with van der Waals surface area (Å²) in [6.07, 6.45) is 4.58. The number of rotatable bonds is 8. The molecule has 18 heavy (non-hydrogen) atoms. The number of anilines is 1. The van der Waals surface area contributed by atoms with E-state index >= 15 is 0 Å². The Labute approximate surface area is 110 Å². The highest BCUT2D eigenvalue weighted by atomic mass is 16.1. The predicted octanol–water partition coefficient (Wildman–Crippen LogP) is 2.97. The van der Waals surface area contributed by atoms with E-state index in [4.69, 9.17) is 0 Å². The van der Waals surface area contributed by atoms with Gasteiger partial charge in [0.05, 0.1) is 6.54 Å². The number of hydrogen-bond donors (Lipinski definition) is 2. The summed E-state index contributed by atoms with van der Waals surface area (Å²) in [4.78, 5) is 11.6. The van der Waals surface area contributed by atoms with Crippen LogP contribution in [0.5, 0.6) is 0 Å². The fraction of sp³-hybridized carbons (Fsp3) is 0.533. The minimum absolute atomic E-state index is 0.0183. The van der Waals surface area contributed by atoms with Gasteiger partial charge in [-0.2, -0.15) is 0 Å². The number of hydrogen-bond acceptors (Lipinski definition) is 2. The van der Waals surface area contributed by atoms with Crippen molar-refractivity contribution in [2.24, 2.45) is 0 Å². The largest absolute Gasteiger partial charge is 0.325 e. The maximum atomic E-state index is 11.6. The Morgan fingerprint density at radius 3 is 2.44 bits per heavy atom. The van der Waals surface area contributed by atoms with E-state index in [2.05, 4.69) is 36.6 Å². The molecule has 0 aliphatic carbocycles. The minimum Gasteiger partial charge on any atom is -0.325 e. The van der Waals surface area contributed by atoms with Crippen LogP contribution in [0.15, 0.2) is 24.3 Å². The van der Waals surface area contributed by atoms with Crippen LogP contribution in [0.2, 0.25) is 0 Å². The Kier molecular flexibility index (Phi) is 7.11. The molecule has 0 fully saturated rings. The van der Waals surface area contributed by atoms with Gasteiger partial charge in [-0.05, 0) is 43.5 Å². The molecule has 1 aromatic carbocycles. The monoisotopic (exact) mass is 248 g/mol. The quantitative estimate of drug-likeness (QED) is 0.694. The van der Waals surface area contributed by atoms with E-state index in [0.29, 0.717) is 6.54 Å². The van der Waals surface area contributed by atoms with E-state index in [1.165, 1.54) is 18.4 Å².